The van der Waals surface area contributed by atoms with Crippen molar-refractivity contribution >= 4 is 17.7 Å². The van der Waals surface area contributed by atoms with Crippen molar-refractivity contribution in [3.8, 4) is 0 Å². The summed E-state index contributed by atoms with van der Waals surface area (Å²) in [7, 11) is 0. The summed E-state index contributed by atoms with van der Waals surface area (Å²) in [6.07, 6.45) is 5.14. The molecule has 0 spiro atoms. The number of rotatable bonds is 5. The van der Waals surface area contributed by atoms with Crippen LogP contribution in [0.2, 0.25) is 0 Å². The molecule has 6 heteroatoms. The van der Waals surface area contributed by atoms with E-state index in [4.69, 9.17) is 10.8 Å². The molecule has 102 valence electrons. The molecule has 1 saturated carbocycles. The fourth-order valence-corrected chi connectivity index (χ4v) is 2.57. The van der Waals surface area contributed by atoms with E-state index in [0.717, 1.165) is 25.7 Å². The van der Waals surface area contributed by atoms with Gasteiger partial charge < -0.3 is 16.2 Å². The molecule has 1 aliphatic carbocycles. The summed E-state index contributed by atoms with van der Waals surface area (Å²) in [6.45, 7) is 0. The first-order chi connectivity index (χ1) is 9.01. The van der Waals surface area contributed by atoms with Gasteiger partial charge in [-0.1, -0.05) is 12.8 Å². The second kappa shape index (κ2) is 5.26. The molecular formula is C13H17N3O3. The van der Waals surface area contributed by atoms with Crippen LogP contribution < -0.4 is 11.1 Å². The number of carboxylic acid groups (broad SMARTS) is 1. The summed E-state index contributed by atoms with van der Waals surface area (Å²) in [5.41, 5.74) is 5.06. The number of nitrogens with two attached hydrogens (primary N) is 1. The summed E-state index contributed by atoms with van der Waals surface area (Å²) in [4.78, 5) is 26.0. The minimum absolute atomic E-state index is 0.0756. The number of aromatic nitrogens is 1. The van der Waals surface area contributed by atoms with E-state index in [1.54, 1.807) is 12.1 Å². The van der Waals surface area contributed by atoms with Crippen LogP contribution in [0.25, 0.3) is 0 Å². The van der Waals surface area contributed by atoms with Crippen molar-refractivity contribution in [2.24, 2.45) is 5.73 Å². The Hall–Kier alpha value is -2.11. The number of pyridine rings is 1. The molecule has 0 aromatic carbocycles. The van der Waals surface area contributed by atoms with Gasteiger partial charge in [0.1, 0.15) is 5.82 Å². The summed E-state index contributed by atoms with van der Waals surface area (Å²) < 4.78 is 0. The molecule has 6 nitrogen and oxygen atoms in total. The maximum absolute atomic E-state index is 11.0. The fraction of sp³-hybridized carbons (Fsp3) is 0.462. The molecule has 0 aliphatic heterocycles. The van der Waals surface area contributed by atoms with Crippen molar-refractivity contribution in [2.45, 2.75) is 37.6 Å². The van der Waals surface area contributed by atoms with Gasteiger partial charge in [0, 0.05) is 11.7 Å². The van der Waals surface area contributed by atoms with Crippen LogP contribution >= 0.6 is 0 Å². The molecule has 1 aliphatic rings. The summed E-state index contributed by atoms with van der Waals surface area (Å²) >= 11 is 0. The highest BCUT2D eigenvalue weighted by Crippen LogP contribution is 2.35. The SMILES string of the molecule is NC(=O)c1ccc(NC2(CC(=O)O)CCCC2)nc1. The van der Waals surface area contributed by atoms with E-state index in [2.05, 4.69) is 10.3 Å². The Morgan fingerprint density at radius 3 is 2.53 bits per heavy atom. The van der Waals surface area contributed by atoms with Gasteiger partial charge in [-0.05, 0) is 25.0 Å². The van der Waals surface area contributed by atoms with Crippen LogP contribution in [0.3, 0.4) is 0 Å². The molecule has 1 aromatic heterocycles. The number of hydrogen-bond acceptors (Lipinski definition) is 4. The Labute approximate surface area is 111 Å². The molecule has 0 radical (unpaired) electrons. The van der Waals surface area contributed by atoms with Crippen LogP contribution in [0.4, 0.5) is 5.82 Å². The van der Waals surface area contributed by atoms with Gasteiger partial charge in [-0.3, -0.25) is 9.59 Å². The summed E-state index contributed by atoms with van der Waals surface area (Å²) in [6, 6.07) is 3.24. The third-order valence-corrected chi connectivity index (χ3v) is 3.49. The van der Waals surface area contributed by atoms with E-state index in [9.17, 15) is 9.59 Å². The lowest BCUT2D eigenvalue weighted by Crippen LogP contribution is -2.37. The molecule has 2 rings (SSSR count). The van der Waals surface area contributed by atoms with E-state index in [1.807, 2.05) is 0 Å². The zero-order chi connectivity index (χ0) is 13.9. The van der Waals surface area contributed by atoms with Gasteiger partial charge in [0.2, 0.25) is 5.91 Å². The first-order valence-electron chi connectivity index (χ1n) is 6.27. The Morgan fingerprint density at radius 2 is 2.05 bits per heavy atom. The molecule has 1 amide bonds. The molecule has 0 bridgehead atoms. The summed E-state index contributed by atoms with van der Waals surface area (Å²) in [5.74, 6) is -0.767. The Morgan fingerprint density at radius 1 is 1.37 bits per heavy atom. The van der Waals surface area contributed by atoms with Gasteiger partial charge in [0.25, 0.3) is 0 Å². The number of primary amides is 1. The minimum Gasteiger partial charge on any atom is -0.481 e. The number of nitrogens with zero attached hydrogens (tertiary/aromatic N) is 1. The highest BCUT2D eigenvalue weighted by Gasteiger charge is 2.36. The molecular weight excluding hydrogens is 246 g/mol. The van der Waals surface area contributed by atoms with Crippen molar-refractivity contribution in [1.29, 1.82) is 0 Å². The molecule has 0 unspecified atom stereocenters. The zero-order valence-electron chi connectivity index (χ0n) is 10.6. The quantitative estimate of drug-likeness (QED) is 0.744. The van der Waals surface area contributed by atoms with Gasteiger partial charge >= 0.3 is 5.97 Å². The minimum atomic E-state index is -0.817. The fourth-order valence-electron chi connectivity index (χ4n) is 2.57. The lowest BCUT2D eigenvalue weighted by Gasteiger charge is -2.29. The zero-order valence-corrected chi connectivity index (χ0v) is 10.6. The Balaban J connectivity index is 2.13. The van der Waals surface area contributed by atoms with E-state index < -0.39 is 17.4 Å². The lowest BCUT2D eigenvalue weighted by atomic mass is 9.93. The first kappa shape index (κ1) is 13.3. The number of carbonyl (C=O) groups excluding carboxylic acids is 1. The molecule has 4 N–H and O–H groups in total. The number of carboxylic acids is 1. The molecule has 0 atom stereocenters. The van der Waals surface area contributed by atoms with Crippen LogP contribution in [0.15, 0.2) is 18.3 Å². The highest BCUT2D eigenvalue weighted by molar-refractivity contribution is 5.92. The van der Waals surface area contributed by atoms with Crippen LogP contribution in [0.1, 0.15) is 42.5 Å². The Bertz CT molecular complexity index is 478. The van der Waals surface area contributed by atoms with Gasteiger partial charge in [-0.25, -0.2) is 4.98 Å². The van der Waals surface area contributed by atoms with Gasteiger partial charge in [-0.15, -0.1) is 0 Å². The smallest absolute Gasteiger partial charge is 0.305 e. The standard InChI is InChI=1S/C13H17N3O3/c14-12(19)9-3-4-10(15-8-9)16-13(7-11(17)18)5-1-2-6-13/h3-4,8H,1-2,5-7H2,(H2,14,19)(H,15,16)(H,17,18). The van der Waals surface area contributed by atoms with Gasteiger partial charge in [0.15, 0.2) is 0 Å². The summed E-state index contributed by atoms with van der Waals surface area (Å²) in [5, 5.41) is 12.2. The van der Waals surface area contributed by atoms with Crippen LogP contribution in [-0.2, 0) is 4.79 Å². The molecule has 1 aromatic rings. The highest BCUT2D eigenvalue weighted by atomic mass is 16.4. The van der Waals surface area contributed by atoms with Crippen molar-refractivity contribution < 1.29 is 14.7 Å². The third-order valence-electron chi connectivity index (χ3n) is 3.49. The monoisotopic (exact) mass is 263 g/mol. The Kier molecular flexibility index (Phi) is 3.69. The predicted molar refractivity (Wildman–Crippen MR) is 69.8 cm³/mol. The lowest BCUT2D eigenvalue weighted by molar-refractivity contribution is -0.138. The number of hydrogen-bond donors (Lipinski definition) is 3. The largest absolute Gasteiger partial charge is 0.481 e. The van der Waals surface area contributed by atoms with E-state index in [-0.39, 0.29) is 6.42 Å². The van der Waals surface area contributed by atoms with Gasteiger partial charge in [0.05, 0.1) is 12.0 Å². The van der Waals surface area contributed by atoms with Crippen molar-refractivity contribution in [1.82, 2.24) is 4.98 Å². The van der Waals surface area contributed by atoms with Crippen LogP contribution in [-0.4, -0.2) is 27.5 Å². The average molecular weight is 263 g/mol. The second-order valence-corrected chi connectivity index (χ2v) is 4.98. The van der Waals surface area contributed by atoms with E-state index >= 15 is 0 Å². The first-order valence-corrected chi connectivity index (χ1v) is 6.27. The third kappa shape index (κ3) is 3.21. The average Bonchev–Trinajstić information content (AvgIpc) is 2.77. The van der Waals surface area contributed by atoms with E-state index in [0.29, 0.717) is 11.4 Å². The molecule has 19 heavy (non-hydrogen) atoms. The second-order valence-electron chi connectivity index (χ2n) is 4.98. The van der Waals surface area contributed by atoms with Crippen LogP contribution in [0.5, 0.6) is 0 Å². The number of carbonyl (C=O) groups is 2. The number of amides is 1. The maximum Gasteiger partial charge on any atom is 0.305 e. The van der Waals surface area contributed by atoms with Crippen molar-refractivity contribution in [3.63, 3.8) is 0 Å². The number of aliphatic carboxylic acids is 1. The van der Waals surface area contributed by atoms with E-state index in [1.165, 1.54) is 6.20 Å². The number of nitrogens with one attached hydrogen (secondary N) is 1. The normalized spacial score (nSPS) is 17.1. The number of anilines is 1. The predicted octanol–water partition coefficient (Wildman–Crippen LogP) is 1.38. The topological polar surface area (TPSA) is 105 Å². The molecule has 1 heterocycles. The van der Waals surface area contributed by atoms with Crippen molar-refractivity contribution in [3.05, 3.63) is 23.9 Å². The van der Waals surface area contributed by atoms with Gasteiger partial charge in [-0.2, -0.15) is 0 Å². The molecule has 1 fully saturated rings. The van der Waals surface area contributed by atoms with Crippen LogP contribution in [0, 0.1) is 0 Å². The molecule has 0 saturated heterocycles. The maximum atomic E-state index is 11.0. The van der Waals surface area contributed by atoms with Crippen molar-refractivity contribution in [2.75, 3.05) is 5.32 Å².